The molecule has 0 spiro atoms. The molecule has 4 nitrogen and oxygen atoms in total. The Kier molecular flexibility index (Phi) is 3.89. The Hall–Kier alpha value is -2.40. The Morgan fingerprint density at radius 1 is 1.00 bits per heavy atom. The zero-order valence-corrected chi connectivity index (χ0v) is 16.6. The van der Waals surface area contributed by atoms with Crippen LogP contribution >= 0.6 is 11.8 Å². The molecule has 1 unspecified atom stereocenters. The van der Waals surface area contributed by atoms with Gasteiger partial charge in [-0.15, -0.1) is 0 Å². The molecule has 3 aromatic rings. The second kappa shape index (κ2) is 6.59. The standard InChI is InChI=1S/C23H23N3OS/c1-2-6-16(5-1)27-19-9-10-21-23-22(19)18(25-14-12-24-15-25)11-13-26(23)17-7-3-4-8-20(17)28-21/h3-4,7-10,12,14-16,18H,1-2,5-6,11,13H2. The lowest BCUT2D eigenvalue weighted by Gasteiger charge is -2.41. The first-order valence-corrected chi connectivity index (χ1v) is 11.1. The van der Waals surface area contributed by atoms with Crippen molar-refractivity contribution >= 4 is 23.1 Å². The highest BCUT2D eigenvalue weighted by Crippen LogP contribution is 2.55. The summed E-state index contributed by atoms with van der Waals surface area (Å²) >= 11 is 1.88. The summed E-state index contributed by atoms with van der Waals surface area (Å²) in [7, 11) is 0. The number of aromatic nitrogens is 2. The van der Waals surface area contributed by atoms with Crippen molar-refractivity contribution in [2.45, 2.75) is 54.0 Å². The van der Waals surface area contributed by atoms with Crippen molar-refractivity contribution in [3.8, 4) is 5.75 Å². The first-order chi connectivity index (χ1) is 13.9. The van der Waals surface area contributed by atoms with E-state index in [0.29, 0.717) is 6.10 Å². The van der Waals surface area contributed by atoms with Crippen molar-refractivity contribution < 1.29 is 4.74 Å². The number of hydrogen-bond donors (Lipinski definition) is 0. The predicted molar refractivity (Wildman–Crippen MR) is 112 cm³/mol. The van der Waals surface area contributed by atoms with Crippen molar-refractivity contribution in [1.29, 1.82) is 0 Å². The minimum Gasteiger partial charge on any atom is -0.490 e. The molecule has 0 radical (unpaired) electrons. The summed E-state index contributed by atoms with van der Waals surface area (Å²) in [5.41, 5.74) is 3.99. The van der Waals surface area contributed by atoms with Crippen LogP contribution in [0.2, 0.25) is 0 Å². The molecule has 0 bridgehead atoms. The van der Waals surface area contributed by atoms with Crippen LogP contribution in [0.3, 0.4) is 0 Å². The van der Waals surface area contributed by atoms with Gasteiger partial charge in [0.15, 0.2) is 0 Å². The van der Waals surface area contributed by atoms with E-state index in [4.69, 9.17) is 4.74 Å². The van der Waals surface area contributed by atoms with Crippen LogP contribution in [-0.4, -0.2) is 22.2 Å². The van der Waals surface area contributed by atoms with Crippen molar-refractivity contribution in [3.63, 3.8) is 0 Å². The number of nitrogens with zero attached hydrogens (tertiary/aromatic N) is 3. The summed E-state index contributed by atoms with van der Waals surface area (Å²) in [6.45, 7) is 1.01. The summed E-state index contributed by atoms with van der Waals surface area (Å²) in [5, 5.41) is 0. The van der Waals surface area contributed by atoms with E-state index in [1.165, 1.54) is 52.4 Å². The van der Waals surface area contributed by atoms with E-state index in [1.54, 1.807) is 0 Å². The Labute approximate surface area is 169 Å². The molecule has 6 rings (SSSR count). The number of rotatable bonds is 3. The Morgan fingerprint density at radius 2 is 1.89 bits per heavy atom. The smallest absolute Gasteiger partial charge is 0.127 e. The summed E-state index contributed by atoms with van der Waals surface area (Å²) < 4.78 is 8.84. The van der Waals surface area contributed by atoms with Gasteiger partial charge in [-0.2, -0.15) is 0 Å². The molecular formula is C23H23N3OS. The predicted octanol–water partition coefficient (Wildman–Crippen LogP) is 5.80. The lowest BCUT2D eigenvalue weighted by atomic mass is 9.94. The molecule has 0 amide bonds. The van der Waals surface area contributed by atoms with Crippen LogP contribution in [-0.2, 0) is 0 Å². The van der Waals surface area contributed by atoms with E-state index in [2.05, 4.69) is 57.0 Å². The normalized spacial score (nSPS) is 20.7. The number of imidazole rings is 1. The molecule has 1 aromatic heterocycles. The third kappa shape index (κ3) is 2.56. The van der Waals surface area contributed by atoms with Crippen LogP contribution in [0.1, 0.15) is 43.7 Å². The van der Waals surface area contributed by atoms with E-state index in [9.17, 15) is 0 Å². The third-order valence-corrected chi connectivity index (χ3v) is 7.34. The highest BCUT2D eigenvalue weighted by Gasteiger charge is 2.36. The van der Waals surface area contributed by atoms with E-state index >= 15 is 0 Å². The van der Waals surface area contributed by atoms with E-state index in [-0.39, 0.29) is 6.04 Å². The number of ether oxygens (including phenoxy) is 1. The number of benzene rings is 2. The van der Waals surface area contributed by atoms with E-state index in [0.717, 1.165) is 18.7 Å². The maximum absolute atomic E-state index is 6.59. The van der Waals surface area contributed by atoms with Gasteiger partial charge in [0, 0.05) is 34.3 Å². The second-order valence-corrected chi connectivity index (χ2v) is 8.97. The Balaban J connectivity index is 1.52. The number of hydrogen-bond acceptors (Lipinski definition) is 4. The minimum atomic E-state index is 0.274. The highest BCUT2D eigenvalue weighted by molar-refractivity contribution is 7.99. The molecule has 28 heavy (non-hydrogen) atoms. The average Bonchev–Trinajstić information content (AvgIpc) is 3.44. The van der Waals surface area contributed by atoms with Gasteiger partial charge in [0.25, 0.3) is 0 Å². The maximum Gasteiger partial charge on any atom is 0.127 e. The molecular weight excluding hydrogens is 366 g/mol. The first kappa shape index (κ1) is 16.5. The van der Waals surface area contributed by atoms with Crippen LogP contribution < -0.4 is 9.64 Å². The van der Waals surface area contributed by atoms with Gasteiger partial charge < -0.3 is 14.2 Å². The average molecular weight is 390 g/mol. The zero-order chi connectivity index (χ0) is 18.5. The molecule has 3 aliphatic rings. The van der Waals surface area contributed by atoms with Crippen molar-refractivity contribution in [2.24, 2.45) is 0 Å². The van der Waals surface area contributed by atoms with Crippen LogP contribution in [0, 0.1) is 0 Å². The van der Waals surface area contributed by atoms with Gasteiger partial charge in [0.2, 0.25) is 0 Å². The van der Waals surface area contributed by atoms with Crippen LogP contribution in [0.4, 0.5) is 11.4 Å². The van der Waals surface area contributed by atoms with Crippen molar-refractivity contribution in [1.82, 2.24) is 9.55 Å². The lowest BCUT2D eigenvalue weighted by molar-refractivity contribution is 0.205. The number of fused-ring (bicyclic) bond motifs is 2. The SMILES string of the molecule is c1ccc2c(c1)Sc1ccc(OC3CCCC3)c3c1N2CCC3n1ccnc1. The summed E-state index contributed by atoms with van der Waals surface area (Å²) in [6.07, 6.45) is 12.2. The van der Waals surface area contributed by atoms with Crippen LogP contribution in [0.25, 0.3) is 0 Å². The topological polar surface area (TPSA) is 30.3 Å². The van der Waals surface area contributed by atoms with Crippen LogP contribution in [0.15, 0.2) is 64.9 Å². The monoisotopic (exact) mass is 389 g/mol. The molecule has 1 aliphatic carbocycles. The Bertz CT molecular complexity index is 1010. The molecule has 1 fully saturated rings. The molecule has 1 saturated carbocycles. The van der Waals surface area contributed by atoms with Gasteiger partial charge in [-0.1, -0.05) is 23.9 Å². The van der Waals surface area contributed by atoms with Gasteiger partial charge in [0.05, 0.1) is 29.8 Å². The van der Waals surface area contributed by atoms with Crippen molar-refractivity contribution in [3.05, 3.63) is 60.7 Å². The van der Waals surface area contributed by atoms with E-state index < -0.39 is 0 Å². The number of anilines is 2. The van der Waals surface area contributed by atoms with Crippen LogP contribution in [0.5, 0.6) is 5.75 Å². The van der Waals surface area contributed by atoms with Gasteiger partial charge in [-0.3, -0.25) is 0 Å². The second-order valence-electron chi connectivity index (χ2n) is 7.88. The number of para-hydroxylation sites is 1. The molecule has 0 saturated heterocycles. The van der Waals surface area contributed by atoms with Gasteiger partial charge in [-0.05, 0) is 56.4 Å². The highest BCUT2D eigenvalue weighted by atomic mass is 32.2. The summed E-state index contributed by atoms with van der Waals surface area (Å²) in [6, 6.07) is 13.5. The third-order valence-electron chi connectivity index (χ3n) is 6.23. The van der Waals surface area contributed by atoms with Crippen molar-refractivity contribution in [2.75, 3.05) is 11.4 Å². The quantitative estimate of drug-likeness (QED) is 0.566. The Morgan fingerprint density at radius 3 is 2.75 bits per heavy atom. The largest absolute Gasteiger partial charge is 0.490 e. The zero-order valence-electron chi connectivity index (χ0n) is 15.8. The molecule has 5 heteroatoms. The molecule has 2 aromatic carbocycles. The van der Waals surface area contributed by atoms with Gasteiger partial charge in [-0.25, -0.2) is 4.98 Å². The lowest BCUT2D eigenvalue weighted by Crippen LogP contribution is -2.32. The van der Waals surface area contributed by atoms with E-state index in [1.807, 2.05) is 24.3 Å². The molecule has 142 valence electrons. The fourth-order valence-corrected chi connectivity index (χ4v) is 6.05. The minimum absolute atomic E-state index is 0.274. The van der Waals surface area contributed by atoms with Gasteiger partial charge in [0.1, 0.15) is 5.75 Å². The molecule has 3 heterocycles. The molecule has 0 N–H and O–H groups in total. The summed E-state index contributed by atoms with van der Waals surface area (Å²) in [4.78, 5) is 9.49. The fraction of sp³-hybridized carbons (Fsp3) is 0.348. The maximum atomic E-state index is 6.59. The fourth-order valence-electron chi connectivity index (χ4n) is 4.93. The molecule has 1 atom stereocenters. The summed E-state index contributed by atoms with van der Waals surface area (Å²) in [5.74, 6) is 1.06. The molecule has 2 aliphatic heterocycles. The first-order valence-electron chi connectivity index (χ1n) is 10.2. The van der Waals surface area contributed by atoms with Gasteiger partial charge >= 0.3 is 0 Å².